The maximum Gasteiger partial charge on any atom is 0.408 e. The quantitative estimate of drug-likeness (QED) is 0.196. The number of carboxylic acid groups (broad SMARTS) is 1. The first-order chi connectivity index (χ1) is 18.3. The van der Waals surface area contributed by atoms with Gasteiger partial charge < -0.3 is 46.9 Å². The summed E-state index contributed by atoms with van der Waals surface area (Å²) >= 11 is 0. The maximum atomic E-state index is 11.3. The van der Waals surface area contributed by atoms with E-state index in [0.29, 0.717) is 0 Å². The van der Waals surface area contributed by atoms with Crippen molar-refractivity contribution >= 4 is 36.3 Å². The summed E-state index contributed by atoms with van der Waals surface area (Å²) < 4.78 is 9.79. The van der Waals surface area contributed by atoms with Crippen molar-refractivity contribution in [3.05, 3.63) is 71.8 Å². The van der Waals surface area contributed by atoms with Gasteiger partial charge in [0.15, 0.2) is 11.6 Å². The van der Waals surface area contributed by atoms with Crippen LogP contribution in [0.2, 0.25) is 0 Å². The van der Waals surface area contributed by atoms with Gasteiger partial charge in [0.1, 0.15) is 25.3 Å². The Kier molecular flexibility index (Phi) is 20.3. The minimum absolute atomic E-state index is 0. The Morgan fingerprint density at radius 3 is 1.38 bits per heavy atom. The molecule has 0 saturated heterocycles. The summed E-state index contributed by atoms with van der Waals surface area (Å²) in [7, 11) is 0. The zero-order chi connectivity index (χ0) is 29.8. The number of ether oxygens (including phenoxy) is 2. The van der Waals surface area contributed by atoms with Crippen LogP contribution in [0, 0.1) is 0 Å². The van der Waals surface area contributed by atoms with Gasteiger partial charge >= 0.3 is 18.2 Å². The number of Topliss-reactive ketones (excluding diaryl/α,β-unsaturated/α-hetero) is 1. The predicted octanol–water partition coefficient (Wildman–Crippen LogP) is 1.28. The number of aliphatic carboxylic acids is 1. The summed E-state index contributed by atoms with van der Waals surface area (Å²) in [5, 5.41) is 29.4. The van der Waals surface area contributed by atoms with E-state index in [1.54, 1.807) is 12.1 Å². The molecule has 2 aromatic carbocycles. The highest BCUT2D eigenvalue weighted by Crippen LogP contribution is 2.01. The van der Waals surface area contributed by atoms with Gasteiger partial charge in [0.25, 0.3) is 0 Å². The summed E-state index contributed by atoms with van der Waals surface area (Å²) in [5.41, 5.74) is 12.2. The molecule has 13 nitrogen and oxygen atoms in total. The standard InChI is InChI=1S/C12H16N2O3.C11H14N2O4.C3H8O2.ClH/c1-9(15)11(7-13)14-12(16)17-8-10-5-3-2-4-6-10;12-6-9(10(14)15)13-11(16)17-7-8-4-2-1-3-5-8;1-3(2,4)5;/h2-6,11H,7-8,13H2,1H3,(H,14,16);1-5,9H,6-7,12H2,(H,13,16)(H,14,15);4-5H,1-2H3;1H/t11-;9-;;/m00../s1. The highest BCUT2D eigenvalue weighted by molar-refractivity contribution is 5.86. The van der Waals surface area contributed by atoms with E-state index in [9.17, 15) is 19.2 Å². The molecule has 0 aliphatic rings. The largest absolute Gasteiger partial charge is 0.480 e. The average molecular weight is 587 g/mol. The molecule has 2 atom stereocenters. The third kappa shape index (κ3) is 21.2. The van der Waals surface area contributed by atoms with E-state index < -0.39 is 36.0 Å². The van der Waals surface area contributed by atoms with E-state index in [1.165, 1.54) is 20.8 Å². The highest BCUT2D eigenvalue weighted by Gasteiger charge is 2.18. The summed E-state index contributed by atoms with van der Waals surface area (Å²) in [4.78, 5) is 44.2. The molecule has 0 aliphatic carbocycles. The van der Waals surface area contributed by atoms with Crippen LogP contribution in [0.1, 0.15) is 31.9 Å². The van der Waals surface area contributed by atoms with E-state index in [2.05, 4.69) is 10.6 Å². The van der Waals surface area contributed by atoms with Gasteiger partial charge in [-0.15, -0.1) is 12.4 Å². The lowest BCUT2D eigenvalue weighted by Gasteiger charge is -2.13. The number of carbonyl (C=O) groups excluding carboxylic acids is 3. The van der Waals surface area contributed by atoms with Gasteiger partial charge in [0.2, 0.25) is 0 Å². The van der Waals surface area contributed by atoms with Crippen LogP contribution in [0.3, 0.4) is 0 Å². The molecule has 0 aromatic heterocycles. The second-order valence-corrected chi connectivity index (χ2v) is 8.43. The van der Waals surface area contributed by atoms with Gasteiger partial charge in [-0.1, -0.05) is 60.7 Å². The van der Waals surface area contributed by atoms with Crippen molar-refractivity contribution in [1.82, 2.24) is 10.6 Å². The van der Waals surface area contributed by atoms with Crippen LogP contribution < -0.4 is 22.1 Å². The van der Waals surface area contributed by atoms with Crippen molar-refractivity contribution < 1.29 is 44.0 Å². The first-order valence-corrected chi connectivity index (χ1v) is 11.8. The van der Waals surface area contributed by atoms with Gasteiger partial charge in [-0.3, -0.25) is 4.79 Å². The number of alkyl carbamates (subject to hydrolysis) is 2. The van der Waals surface area contributed by atoms with Gasteiger partial charge in [0.05, 0.1) is 0 Å². The zero-order valence-corrected chi connectivity index (χ0v) is 23.4. The van der Waals surface area contributed by atoms with Crippen molar-refractivity contribution in [2.75, 3.05) is 13.1 Å². The lowest BCUT2D eigenvalue weighted by Crippen LogP contribution is -2.45. The number of hydrogen-bond acceptors (Lipinski definition) is 10. The predicted molar refractivity (Wildman–Crippen MR) is 149 cm³/mol. The molecule has 0 saturated carbocycles. The van der Waals surface area contributed by atoms with Gasteiger partial charge in [-0.05, 0) is 31.9 Å². The Balaban J connectivity index is 0. The summed E-state index contributed by atoms with van der Waals surface area (Å²) in [6.45, 7) is 4.10. The van der Waals surface area contributed by atoms with E-state index >= 15 is 0 Å². The molecule has 2 amide bonds. The number of carbonyl (C=O) groups is 4. The molecular formula is C26H39ClN4O9. The van der Waals surface area contributed by atoms with Crippen LogP contribution in [-0.2, 0) is 32.3 Å². The van der Waals surface area contributed by atoms with Gasteiger partial charge in [0, 0.05) is 13.1 Å². The smallest absolute Gasteiger partial charge is 0.408 e. The van der Waals surface area contributed by atoms with Crippen molar-refractivity contribution in [3.63, 3.8) is 0 Å². The molecule has 0 radical (unpaired) electrons. The van der Waals surface area contributed by atoms with Gasteiger partial charge in [-0.25, -0.2) is 14.4 Å². The van der Waals surface area contributed by atoms with Crippen LogP contribution in [0.15, 0.2) is 60.7 Å². The van der Waals surface area contributed by atoms with Gasteiger partial charge in [-0.2, -0.15) is 0 Å². The Morgan fingerprint density at radius 2 is 1.10 bits per heavy atom. The fraction of sp³-hybridized carbons (Fsp3) is 0.385. The maximum absolute atomic E-state index is 11.3. The zero-order valence-electron chi connectivity index (χ0n) is 22.6. The highest BCUT2D eigenvalue weighted by atomic mass is 35.5. The number of carboxylic acids is 1. The molecule has 0 bridgehead atoms. The van der Waals surface area contributed by atoms with Crippen LogP contribution in [0.5, 0.6) is 0 Å². The topological polar surface area (TPSA) is 224 Å². The fourth-order valence-corrected chi connectivity index (χ4v) is 2.36. The first-order valence-electron chi connectivity index (χ1n) is 11.8. The second kappa shape index (κ2) is 21.1. The van der Waals surface area contributed by atoms with Crippen LogP contribution in [-0.4, -0.2) is 70.2 Å². The molecule has 0 aliphatic heterocycles. The van der Waals surface area contributed by atoms with Crippen LogP contribution in [0.25, 0.3) is 0 Å². The van der Waals surface area contributed by atoms with E-state index in [-0.39, 0.29) is 44.5 Å². The van der Waals surface area contributed by atoms with Crippen molar-refractivity contribution in [1.29, 1.82) is 0 Å². The number of benzene rings is 2. The monoisotopic (exact) mass is 586 g/mol. The number of amides is 2. The molecule has 9 N–H and O–H groups in total. The molecule has 0 fully saturated rings. The molecular weight excluding hydrogens is 548 g/mol. The lowest BCUT2D eigenvalue weighted by atomic mass is 10.2. The Morgan fingerprint density at radius 1 is 0.775 bits per heavy atom. The van der Waals surface area contributed by atoms with Crippen LogP contribution >= 0.6 is 12.4 Å². The number of nitrogens with two attached hydrogens (primary N) is 2. The van der Waals surface area contributed by atoms with Crippen LogP contribution in [0.4, 0.5) is 9.59 Å². The average Bonchev–Trinajstić information content (AvgIpc) is 2.88. The minimum atomic E-state index is -1.50. The number of halogens is 1. The molecule has 224 valence electrons. The van der Waals surface area contributed by atoms with E-state index in [1.807, 2.05) is 48.5 Å². The first kappa shape index (κ1) is 38.4. The molecule has 2 rings (SSSR count). The molecule has 2 aromatic rings. The lowest BCUT2D eigenvalue weighted by molar-refractivity contribution is -0.139. The van der Waals surface area contributed by atoms with E-state index in [4.69, 9.17) is 36.3 Å². The number of nitrogens with one attached hydrogen (secondary N) is 2. The van der Waals surface area contributed by atoms with Crippen molar-refractivity contribution in [2.45, 2.75) is 51.9 Å². The molecule has 40 heavy (non-hydrogen) atoms. The summed E-state index contributed by atoms with van der Waals surface area (Å²) in [5.74, 6) is -2.88. The Hall–Kier alpha value is -3.75. The number of rotatable bonds is 10. The van der Waals surface area contributed by atoms with Crippen molar-refractivity contribution in [3.8, 4) is 0 Å². The third-order valence-electron chi connectivity index (χ3n) is 4.27. The second-order valence-electron chi connectivity index (χ2n) is 8.43. The molecule has 0 heterocycles. The molecule has 0 spiro atoms. The SMILES string of the molecule is CC(=O)[C@H](CN)NC(=O)OCc1ccccc1.CC(C)(O)O.Cl.NC[C@H](NC(=O)OCc1ccccc1)C(=O)O. The van der Waals surface area contributed by atoms with Crippen molar-refractivity contribution in [2.24, 2.45) is 11.5 Å². The molecule has 0 unspecified atom stereocenters. The summed E-state index contributed by atoms with van der Waals surface area (Å²) in [6.07, 6.45) is -1.44. The number of hydrogen-bond donors (Lipinski definition) is 7. The normalized spacial score (nSPS) is 11.4. The Bertz CT molecular complexity index is 925. The minimum Gasteiger partial charge on any atom is -0.480 e. The third-order valence-corrected chi connectivity index (χ3v) is 4.27. The number of aliphatic hydroxyl groups is 2. The fourth-order valence-electron chi connectivity index (χ4n) is 2.36. The molecule has 14 heteroatoms. The van der Waals surface area contributed by atoms with E-state index in [0.717, 1.165) is 11.1 Å². The number of ketones is 1. The summed E-state index contributed by atoms with van der Waals surface area (Å²) in [6, 6.07) is 16.5. The Labute approximate surface area is 239 Å².